The lowest BCUT2D eigenvalue weighted by atomic mass is 10.3. The number of nitro benzene ring substituents is 1. The van der Waals surface area contributed by atoms with Gasteiger partial charge in [0.25, 0.3) is 5.69 Å². The number of hydrogen-bond acceptors (Lipinski definition) is 6. The molecule has 0 unspecified atom stereocenters. The maximum atomic E-state index is 10.6. The fourth-order valence-electron chi connectivity index (χ4n) is 1.58. The highest BCUT2D eigenvalue weighted by atomic mass is 35.5. The summed E-state index contributed by atoms with van der Waals surface area (Å²) in [5.41, 5.74) is 0.929. The van der Waals surface area contributed by atoms with E-state index in [2.05, 4.69) is 15.6 Å². The lowest BCUT2D eigenvalue weighted by Gasteiger charge is -2.05. The Kier molecular flexibility index (Phi) is 4.33. The molecule has 2 rings (SSSR count). The van der Waals surface area contributed by atoms with Crippen LogP contribution in [0, 0.1) is 10.1 Å². The van der Waals surface area contributed by atoms with E-state index in [0.717, 1.165) is 0 Å². The number of anilines is 1. The first kappa shape index (κ1) is 14.7. The molecule has 0 fully saturated rings. The summed E-state index contributed by atoms with van der Waals surface area (Å²) in [6.45, 7) is -0.0115. The van der Waals surface area contributed by atoms with Crippen LogP contribution in [0.15, 0.2) is 24.4 Å². The number of rotatable bonds is 6. The van der Waals surface area contributed by atoms with Gasteiger partial charge in [0.2, 0.25) is 0 Å². The van der Waals surface area contributed by atoms with E-state index in [1.807, 2.05) is 0 Å². The third kappa shape index (κ3) is 3.89. The number of nitro groups is 1. The van der Waals surface area contributed by atoms with Crippen LogP contribution in [-0.2, 0) is 17.9 Å². The normalized spacial score (nSPS) is 10.3. The van der Waals surface area contributed by atoms with Gasteiger partial charge in [0.05, 0.1) is 28.4 Å². The number of carboxylic acid groups (broad SMARTS) is 1. The Bertz CT molecular complexity index is 687. The van der Waals surface area contributed by atoms with Gasteiger partial charge in [0, 0.05) is 12.1 Å². The average molecular weight is 312 g/mol. The number of hydrogen-bond donors (Lipinski definition) is 2. The molecule has 9 nitrogen and oxygen atoms in total. The van der Waals surface area contributed by atoms with Crippen molar-refractivity contribution in [3.8, 4) is 0 Å². The van der Waals surface area contributed by atoms with E-state index in [1.54, 1.807) is 0 Å². The average Bonchev–Trinajstić information content (AvgIpc) is 2.83. The van der Waals surface area contributed by atoms with Crippen LogP contribution < -0.4 is 5.32 Å². The number of carboxylic acids is 1. The third-order valence-electron chi connectivity index (χ3n) is 2.51. The lowest BCUT2D eigenvalue weighted by Crippen LogP contribution is -2.09. The zero-order valence-electron chi connectivity index (χ0n) is 10.6. The Morgan fingerprint density at radius 2 is 2.29 bits per heavy atom. The van der Waals surface area contributed by atoms with Gasteiger partial charge >= 0.3 is 5.97 Å². The number of halogens is 1. The molecule has 0 aliphatic heterocycles. The van der Waals surface area contributed by atoms with Crippen molar-refractivity contribution in [2.24, 2.45) is 0 Å². The molecule has 0 saturated carbocycles. The number of nitrogens with zero attached hydrogens (tertiary/aromatic N) is 4. The van der Waals surface area contributed by atoms with Crippen molar-refractivity contribution in [2.45, 2.75) is 13.1 Å². The van der Waals surface area contributed by atoms with Crippen LogP contribution in [0.2, 0.25) is 5.02 Å². The van der Waals surface area contributed by atoms with E-state index in [0.29, 0.717) is 11.4 Å². The lowest BCUT2D eigenvalue weighted by molar-refractivity contribution is -0.384. The molecule has 10 heteroatoms. The molecule has 1 heterocycles. The maximum absolute atomic E-state index is 10.6. The van der Waals surface area contributed by atoms with Crippen LogP contribution in [0.5, 0.6) is 0 Å². The summed E-state index contributed by atoms with van der Waals surface area (Å²) < 4.78 is 1.19. The summed E-state index contributed by atoms with van der Waals surface area (Å²) in [5.74, 6) is -1.02. The minimum Gasteiger partial charge on any atom is -0.480 e. The van der Waals surface area contributed by atoms with Crippen LogP contribution in [0.1, 0.15) is 5.69 Å². The zero-order valence-corrected chi connectivity index (χ0v) is 11.3. The van der Waals surface area contributed by atoms with E-state index in [9.17, 15) is 14.9 Å². The zero-order chi connectivity index (χ0) is 15.4. The first-order chi connectivity index (χ1) is 9.95. The molecule has 1 aromatic carbocycles. The van der Waals surface area contributed by atoms with Crippen molar-refractivity contribution in [1.29, 1.82) is 0 Å². The first-order valence-electron chi connectivity index (χ1n) is 5.74. The molecule has 0 aliphatic carbocycles. The quantitative estimate of drug-likeness (QED) is 0.612. The van der Waals surface area contributed by atoms with Crippen LogP contribution >= 0.6 is 11.6 Å². The van der Waals surface area contributed by atoms with Gasteiger partial charge in [-0.2, -0.15) is 0 Å². The summed E-state index contributed by atoms with van der Waals surface area (Å²) in [7, 11) is 0. The van der Waals surface area contributed by atoms with E-state index in [1.165, 1.54) is 29.1 Å². The van der Waals surface area contributed by atoms with Crippen molar-refractivity contribution in [3.05, 3.63) is 45.2 Å². The third-order valence-corrected chi connectivity index (χ3v) is 2.82. The second kappa shape index (κ2) is 6.18. The van der Waals surface area contributed by atoms with Gasteiger partial charge in [0.15, 0.2) is 0 Å². The topological polar surface area (TPSA) is 123 Å². The molecule has 2 aromatic rings. The van der Waals surface area contributed by atoms with Crippen LogP contribution in [0.25, 0.3) is 0 Å². The number of aliphatic carboxylic acids is 1. The molecular weight excluding hydrogens is 302 g/mol. The van der Waals surface area contributed by atoms with Gasteiger partial charge in [0.1, 0.15) is 12.2 Å². The number of nitrogens with one attached hydrogen (secondary N) is 1. The molecule has 21 heavy (non-hydrogen) atoms. The highest BCUT2D eigenvalue weighted by Crippen LogP contribution is 2.26. The Balaban J connectivity index is 2.01. The number of non-ortho nitro benzene ring substituents is 1. The molecule has 2 N–H and O–H groups in total. The van der Waals surface area contributed by atoms with E-state index >= 15 is 0 Å². The van der Waals surface area contributed by atoms with Crippen molar-refractivity contribution in [2.75, 3.05) is 5.32 Å². The Labute approximate surface area is 123 Å². The standard InChI is InChI=1S/C11H10ClN5O4/c12-9-3-8(17(20)21)1-2-10(9)13-4-7-5-16(15-14-7)6-11(18)19/h1-3,5,13H,4,6H2,(H,18,19). The fraction of sp³-hybridized carbons (Fsp3) is 0.182. The molecule has 110 valence electrons. The van der Waals surface area contributed by atoms with Crippen molar-refractivity contribution < 1.29 is 14.8 Å². The first-order valence-corrected chi connectivity index (χ1v) is 6.12. The largest absolute Gasteiger partial charge is 0.480 e. The Morgan fingerprint density at radius 3 is 2.90 bits per heavy atom. The Morgan fingerprint density at radius 1 is 1.52 bits per heavy atom. The molecule has 0 bridgehead atoms. The highest BCUT2D eigenvalue weighted by Gasteiger charge is 2.10. The smallest absolute Gasteiger partial charge is 0.325 e. The predicted octanol–water partition coefficient (Wildman–Crippen LogP) is 1.54. The molecule has 0 radical (unpaired) electrons. The molecular formula is C11H10ClN5O4. The fourth-order valence-corrected chi connectivity index (χ4v) is 1.82. The van der Waals surface area contributed by atoms with E-state index in [-0.39, 0.29) is 23.8 Å². The van der Waals surface area contributed by atoms with Crippen LogP contribution in [0.3, 0.4) is 0 Å². The summed E-state index contributed by atoms with van der Waals surface area (Å²) in [4.78, 5) is 20.6. The SMILES string of the molecule is O=C(O)Cn1cc(CNc2ccc([N+](=O)[O-])cc2Cl)nn1. The minimum atomic E-state index is -1.02. The van der Waals surface area contributed by atoms with Crippen molar-refractivity contribution in [1.82, 2.24) is 15.0 Å². The molecule has 0 amide bonds. The molecule has 0 atom stereocenters. The summed E-state index contributed by atoms with van der Waals surface area (Å²) >= 11 is 5.93. The summed E-state index contributed by atoms with van der Waals surface area (Å²) in [5, 5.41) is 29.8. The van der Waals surface area contributed by atoms with E-state index < -0.39 is 10.9 Å². The Hall–Kier alpha value is -2.68. The molecule has 0 saturated heterocycles. The van der Waals surface area contributed by atoms with Crippen molar-refractivity contribution in [3.63, 3.8) is 0 Å². The van der Waals surface area contributed by atoms with Crippen molar-refractivity contribution >= 4 is 28.9 Å². The van der Waals surface area contributed by atoms with Crippen LogP contribution in [0.4, 0.5) is 11.4 Å². The summed E-state index contributed by atoms with van der Waals surface area (Å²) in [6, 6.07) is 4.06. The molecule has 0 aliphatic rings. The van der Waals surface area contributed by atoms with Gasteiger partial charge in [-0.05, 0) is 6.07 Å². The van der Waals surface area contributed by atoms with Gasteiger partial charge in [-0.15, -0.1) is 5.10 Å². The highest BCUT2D eigenvalue weighted by molar-refractivity contribution is 6.33. The molecule has 1 aromatic heterocycles. The number of benzene rings is 1. The second-order valence-corrected chi connectivity index (χ2v) is 4.48. The van der Waals surface area contributed by atoms with Crippen LogP contribution in [-0.4, -0.2) is 31.0 Å². The number of carbonyl (C=O) groups is 1. The summed E-state index contributed by atoms with van der Waals surface area (Å²) in [6.07, 6.45) is 1.49. The maximum Gasteiger partial charge on any atom is 0.325 e. The number of aromatic nitrogens is 3. The van der Waals surface area contributed by atoms with Gasteiger partial charge in [-0.3, -0.25) is 14.9 Å². The second-order valence-electron chi connectivity index (χ2n) is 4.08. The predicted molar refractivity (Wildman–Crippen MR) is 73.1 cm³/mol. The van der Waals surface area contributed by atoms with Gasteiger partial charge in [-0.1, -0.05) is 16.8 Å². The van der Waals surface area contributed by atoms with Gasteiger partial charge in [-0.25, -0.2) is 4.68 Å². The minimum absolute atomic E-state index is 0.0991. The molecule has 0 spiro atoms. The monoisotopic (exact) mass is 311 g/mol. The van der Waals surface area contributed by atoms with Gasteiger partial charge < -0.3 is 10.4 Å². The van der Waals surface area contributed by atoms with E-state index in [4.69, 9.17) is 16.7 Å².